The molecule has 8 nitrogen and oxygen atoms in total. The topological polar surface area (TPSA) is 105 Å². The van der Waals surface area contributed by atoms with Gasteiger partial charge in [0.25, 0.3) is 0 Å². The standard InChI is InChI=1S/C16H24N2O6S/c1-4-18(10-16(19)20)12-5-11(6-12)17-25(21,22)15-8-13(23-2)7-14(9-15)24-3/h7-9,11-12,17H,4-6,10H2,1-3H3,(H,19,20). The van der Waals surface area contributed by atoms with Gasteiger partial charge in [0.2, 0.25) is 10.0 Å². The lowest BCUT2D eigenvalue weighted by Gasteiger charge is -2.42. The Balaban J connectivity index is 2.03. The number of ether oxygens (including phenoxy) is 2. The molecule has 0 unspecified atom stereocenters. The number of hydrogen-bond donors (Lipinski definition) is 2. The van der Waals surface area contributed by atoms with Gasteiger partial charge in [-0.25, -0.2) is 13.1 Å². The van der Waals surface area contributed by atoms with Crippen molar-refractivity contribution in [1.29, 1.82) is 0 Å². The molecule has 0 aliphatic heterocycles. The number of likely N-dealkylation sites (N-methyl/N-ethyl adjacent to an activating group) is 1. The summed E-state index contributed by atoms with van der Waals surface area (Å²) in [6.45, 7) is 2.47. The first kappa shape index (κ1) is 19.5. The SMILES string of the molecule is CCN(CC(=O)O)C1CC(NS(=O)(=O)c2cc(OC)cc(OC)c2)C1. The van der Waals surface area contributed by atoms with Gasteiger partial charge in [0.15, 0.2) is 0 Å². The molecule has 25 heavy (non-hydrogen) atoms. The van der Waals surface area contributed by atoms with E-state index in [1.807, 2.05) is 11.8 Å². The summed E-state index contributed by atoms with van der Waals surface area (Å²) in [6, 6.07) is 4.33. The van der Waals surface area contributed by atoms with Gasteiger partial charge in [-0.3, -0.25) is 9.69 Å². The number of benzene rings is 1. The number of carbonyl (C=O) groups is 1. The molecule has 0 saturated heterocycles. The zero-order chi connectivity index (χ0) is 18.6. The van der Waals surface area contributed by atoms with E-state index in [4.69, 9.17) is 14.6 Å². The minimum atomic E-state index is -3.71. The van der Waals surface area contributed by atoms with Crippen molar-refractivity contribution >= 4 is 16.0 Å². The molecule has 0 spiro atoms. The van der Waals surface area contributed by atoms with Crippen LogP contribution in [0.3, 0.4) is 0 Å². The summed E-state index contributed by atoms with van der Waals surface area (Å²) in [5.41, 5.74) is 0. The monoisotopic (exact) mass is 372 g/mol. The summed E-state index contributed by atoms with van der Waals surface area (Å²) in [7, 11) is -0.799. The summed E-state index contributed by atoms with van der Waals surface area (Å²) in [5, 5.41) is 8.91. The molecule has 140 valence electrons. The Labute approximate surface area is 147 Å². The first-order valence-corrected chi connectivity index (χ1v) is 9.48. The van der Waals surface area contributed by atoms with Crippen molar-refractivity contribution in [2.24, 2.45) is 0 Å². The fraction of sp³-hybridized carbons (Fsp3) is 0.562. The third-order valence-corrected chi connectivity index (χ3v) is 5.83. The van der Waals surface area contributed by atoms with E-state index in [0.29, 0.717) is 30.9 Å². The number of carboxylic acid groups (broad SMARTS) is 1. The molecule has 0 radical (unpaired) electrons. The second-order valence-corrected chi connectivity index (χ2v) is 7.66. The number of rotatable bonds is 9. The van der Waals surface area contributed by atoms with Crippen LogP contribution in [0, 0.1) is 0 Å². The Morgan fingerprint density at radius 2 is 1.80 bits per heavy atom. The molecular weight excluding hydrogens is 348 g/mol. The van der Waals surface area contributed by atoms with Gasteiger partial charge in [0.1, 0.15) is 11.5 Å². The molecule has 0 bridgehead atoms. The lowest BCUT2D eigenvalue weighted by molar-refractivity contribution is -0.139. The van der Waals surface area contributed by atoms with Crippen LogP contribution in [0.2, 0.25) is 0 Å². The van der Waals surface area contributed by atoms with Crippen LogP contribution in [0.1, 0.15) is 19.8 Å². The molecule has 0 aromatic heterocycles. The first-order valence-electron chi connectivity index (χ1n) is 8.00. The fourth-order valence-electron chi connectivity index (χ4n) is 2.88. The van der Waals surface area contributed by atoms with Gasteiger partial charge < -0.3 is 14.6 Å². The van der Waals surface area contributed by atoms with Gasteiger partial charge in [-0.15, -0.1) is 0 Å². The third kappa shape index (κ3) is 4.83. The largest absolute Gasteiger partial charge is 0.497 e. The van der Waals surface area contributed by atoms with E-state index in [1.165, 1.54) is 26.4 Å². The number of carboxylic acids is 1. The number of hydrogen-bond acceptors (Lipinski definition) is 6. The summed E-state index contributed by atoms with van der Waals surface area (Å²) in [6.07, 6.45) is 1.17. The van der Waals surface area contributed by atoms with Crippen molar-refractivity contribution in [2.45, 2.75) is 36.7 Å². The highest BCUT2D eigenvalue weighted by Gasteiger charge is 2.36. The van der Waals surface area contributed by atoms with Crippen LogP contribution in [0.5, 0.6) is 11.5 Å². The molecule has 2 N–H and O–H groups in total. The van der Waals surface area contributed by atoms with Crippen LogP contribution in [0.4, 0.5) is 0 Å². The quantitative estimate of drug-likeness (QED) is 0.664. The number of aliphatic carboxylic acids is 1. The number of methoxy groups -OCH3 is 2. The highest BCUT2D eigenvalue weighted by Crippen LogP contribution is 2.29. The maximum Gasteiger partial charge on any atom is 0.317 e. The molecule has 1 aliphatic carbocycles. The highest BCUT2D eigenvalue weighted by molar-refractivity contribution is 7.89. The van der Waals surface area contributed by atoms with Crippen molar-refractivity contribution in [3.63, 3.8) is 0 Å². The summed E-state index contributed by atoms with van der Waals surface area (Å²) < 4.78 is 38.0. The minimum absolute atomic E-state index is 0.0340. The predicted molar refractivity (Wildman–Crippen MR) is 91.6 cm³/mol. The van der Waals surface area contributed by atoms with Crippen molar-refractivity contribution in [3.8, 4) is 11.5 Å². The van der Waals surface area contributed by atoms with Crippen LogP contribution in [0.15, 0.2) is 23.1 Å². The van der Waals surface area contributed by atoms with Gasteiger partial charge in [0, 0.05) is 30.3 Å². The smallest absolute Gasteiger partial charge is 0.317 e. The zero-order valence-electron chi connectivity index (χ0n) is 14.6. The Morgan fingerprint density at radius 3 is 2.24 bits per heavy atom. The average Bonchev–Trinajstić information content (AvgIpc) is 2.55. The molecular formula is C16H24N2O6S. The number of nitrogens with one attached hydrogen (secondary N) is 1. The minimum Gasteiger partial charge on any atom is -0.497 e. The van der Waals surface area contributed by atoms with Gasteiger partial charge >= 0.3 is 5.97 Å². The molecule has 0 atom stereocenters. The molecule has 1 fully saturated rings. The van der Waals surface area contributed by atoms with Crippen molar-refractivity contribution in [1.82, 2.24) is 9.62 Å². The maximum absolute atomic E-state index is 12.6. The lowest BCUT2D eigenvalue weighted by atomic mass is 9.86. The molecule has 9 heteroatoms. The van der Waals surface area contributed by atoms with Crippen molar-refractivity contribution in [3.05, 3.63) is 18.2 Å². The second kappa shape index (κ2) is 8.03. The molecule has 1 aromatic rings. The summed E-state index contributed by atoms with van der Waals surface area (Å²) >= 11 is 0. The van der Waals surface area contributed by atoms with E-state index in [1.54, 1.807) is 6.07 Å². The van der Waals surface area contributed by atoms with Crippen molar-refractivity contribution in [2.75, 3.05) is 27.3 Å². The van der Waals surface area contributed by atoms with Gasteiger partial charge in [-0.05, 0) is 19.4 Å². The van der Waals surface area contributed by atoms with Crippen LogP contribution >= 0.6 is 0 Å². The summed E-state index contributed by atoms with van der Waals surface area (Å²) in [5.74, 6) is -0.0935. The van der Waals surface area contributed by atoms with E-state index in [0.717, 1.165) is 0 Å². The molecule has 0 amide bonds. The molecule has 1 aliphatic rings. The van der Waals surface area contributed by atoms with Crippen LogP contribution in [0.25, 0.3) is 0 Å². The first-order chi connectivity index (χ1) is 11.8. The zero-order valence-corrected chi connectivity index (χ0v) is 15.4. The van der Waals surface area contributed by atoms with Gasteiger partial charge in [0.05, 0.1) is 25.7 Å². The summed E-state index contributed by atoms with van der Waals surface area (Å²) in [4.78, 5) is 12.8. The van der Waals surface area contributed by atoms with E-state index in [-0.39, 0.29) is 23.5 Å². The van der Waals surface area contributed by atoms with Crippen LogP contribution < -0.4 is 14.2 Å². The van der Waals surface area contributed by atoms with Crippen LogP contribution in [-0.4, -0.2) is 63.8 Å². The Bertz CT molecular complexity index is 693. The molecule has 2 rings (SSSR count). The lowest BCUT2D eigenvalue weighted by Crippen LogP contribution is -2.54. The predicted octanol–water partition coefficient (Wildman–Crippen LogP) is 0.920. The van der Waals surface area contributed by atoms with E-state index < -0.39 is 16.0 Å². The fourth-order valence-corrected chi connectivity index (χ4v) is 4.19. The Morgan fingerprint density at radius 1 is 1.24 bits per heavy atom. The highest BCUT2D eigenvalue weighted by atomic mass is 32.2. The Kier molecular flexibility index (Phi) is 6.26. The average molecular weight is 372 g/mol. The van der Waals surface area contributed by atoms with E-state index in [2.05, 4.69) is 4.72 Å². The van der Waals surface area contributed by atoms with Crippen molar-refractivity contribution < 1.29 is 27.8 Å². The molecule has 0 heterocycles. The normalized spacial score (nSPS) is 20.2. The van der Waals surface area contributed by atoms with E-state index in [9.17, 15) is 13.2 Å². The van der Waals surface area contributed by atoms with Gasteiger partial charge in [-0.2, -0.15) is 0 Å². The number of nitrogens with zero attached hydrogens (tertiary/aromatic N) is 1. The number of sulfonamides is 1. The van der Waals surface area contributed by atoms with Crippen LogP contribution in [-0.2, 0) is 14.8 Å². The van der Waals surface area contributed by atoms with Gasteiger partial charge in [-0.1, -0.05) is 6.92 Å². The van der Waals surface area contributed by atoms with E-state index >= 15 is 0 Å². The molecule has 1 saturated carbocycles. The second-order valence-electron chi connectivity index (χ2n) is 5.95. The maximum atomic E-state index is 12.6. The third-order valence-electron chi connectivity index (χ3n) is 4.33. The Hall–Kier alpha value is -1.84. The molecule has 1 aromatic carbocycles.